The number of hydrogen-bond acceptors (Lipinski definition) is 4. The molecular formula is C10H15NO2S2. The van der Waals surface area contributed by atoms with Crippen molar-refractivity contribution in [3.8, 4) is 0 Å². The molecule has 0 atom stereocenters. The first-order valence-corrected chi connectivity index (χ1v) is 6.22. The molecule has 0 saturated carbocycles. The Hall–Kier alpha value is -0.550. The monoisotopic (exact) mass is 245 g/mol. The van der Waals surface area contributed by atoms with Crippen molar-refractivity contribution in [3.63, 3.8) is 0 Å². The summed E-state index contributed by atoms with van der Waals surface area (Å²) in [6, 6.07) is 0. The predicted molar refractivity (Wildman–Crippen MR) is 67.0 cm³/mol. The number of carbonyl (C=O) groups excluding carboxylic acids is 1. The number of methoxy groups -OCH3 is 1. The molecule has 1 aliphatic rings. The minimum atomic E-state index is -0.355. The van der Waals surface area contributed by atoms with Gasteiger partial charge in [0.15, 0.2) is 0 Å². The molecule has 1 heterocycles. The third kappa shape index (κ3) is 3.83. The largest absolute Gasteiger partial charge is 0.466 e. The lowest BCUT2D eigenvalue weighted by Gasteiger charge is -2.17. The molecule has 5 heteroatoms. The molecule has 0 aromatic heterocycles. The smallest absolute Gasteiger partial charge is 0.333 e. The molecule has 0 bridgehead atoms. The highest BCUT2D eigenvalue weighted by Gasteiger charge is 2.16. The molecule has 3 nitrogen and oxygen atoms in total. The molecule has 0 spiro atoms. The van der Waals surface area contributed by atoms with E-state index in [4.69, 9.17) is 12.2 Å². The molecule has 1 fully saturated rings. The molecule has 0 unspecified atom stereocenters. The van der Waals surface area contributed by atoms with Crippen molar-refractivity contribution in [1.82, 2.24) is 4.90 Å². The molecule has 0 amide bonds. The maximum Gasteiger partial charge on any atom is 0.333 e. The van der Waals surface area contributed by atoms with Crippen LogP contribution in [-0.4, -0.2) is 41.1 Å². The van der Waals surface area contributed by atoms with Crippen molar-refractivity contribution in [2.75, 3.05) is 26.0 Å². The first kappa shape index (κ1) is 12.5. The SMILES string of the molecule is C=C(CSC(=S)N1CCCC1)C(=O)OC. The van der Waals surface area contributed by atoms with Crippen LogP contribution in [0.1, 0.15) is 12.8 Å². The molecule has 15 heavy (non-hydrogen) atoms. The number of thiocarbonyl (C=S) groups is 1. The summed E-state index contributed by atoms with van der Waals surface area (Å²) in [5.41, 5.74) is 0.462. The second-order valence-electron chi connectivity index (χ2n) is 3.34. The standard InChI is InChI=1S/C10H15NO2S2/c1-8(9(12)13-2)7-15-10(14)11-5-3-4-6-11/h1,3-7H2,2H3. The van der Waals surface area contributed by atoms with Crippen LogP contribution in [0.25, 0.3) is 0 Å². The number of likely N-dealkylation sites (tertiary alicyclic amines) is 1. The second kappa shape index (κ2) is 6.12. The Morgan fingerprint density at radius 2 is 2.13 bits per heavy atom. The van der Waals surface area contributed by atoms with Gasteiger partial charge in [0, 0.05) is 24.4 Å². The van der Waals surface area contributed by atoms with Gasteiger partial charge in [-0.2, -0.15) is 0 Å². The summed E-state index contributed by atoms with van der Waals surface area (Å²) in [5.74, 6) is 0.161. The molecule has 1 aliphatic heterocycles. The molecular weight excluding hydrogens is 230 g/mol. The van der Waals surface area contributed by atoms with Gasteiger partial charge >= 0.3 is 5.97 Å². The van der Waals surface area contributed by atoms with Crippen molar-refractivity contribution in [3.05, 3.63) is 12.2 Å². The summed E-state index contributed by atoms with van der Waals surface area (Å²) >= 11 is 6.73. The second-order valence-corrected chi connectivity index (χ2v) is 4.95. The zero-order valence-corrected chi connectivity index (χ0v) is 10.5. The van der Waals surface area contributed by atoms with Crippen molar-refractivity contribution in [1.29, 1.82) is 0 Å². The summed E-state index contributed by atoms with van der Waals surface area (Å²) in [7, 11) is 1.36. The van der Waals surface area contributed by atoms with Crippen molar-refractivity contribution < 1.29 is 9.53 Å². The molecule has 0 aromatic carbocycles. The molecule has 84 valence electrons. The maximum absolute atomic E-state index is 11.1. The molecule has 0 radical (unpaired) electrons. The molecule has 0 N–H and O–H groups in total. The Morgan fingerprint density at radius 1 is 1.53 bits per heavy atom. The van der Waals surface area contributed by atoms with E-state index in [1.807, 2.05) is 0 Å². The first-order valence-electron chi connectivity index (χ1n) is 4.83. The van der Waals surface area contributed by atoms with Crippen LogP contribution >= 0.6 is 24.0 Å². The van der Waals surface area contributed by atoms with Crippen LogP contribution < -0.4 is 0 Å². The van der Waals surface area contributed by atoms with Gasteiger partial charge in [-0.25, -0.2) is 4.79 Å². The van der Waals surface area contributed by atoms with Crippen LogP contribution in [0.2, 0.25) is 0 Å². The number of nitrogens with zero attached hydrogens (tertiary/aromatic N) is 1. The van der Waals surface area contributed by atoms with Gasteiger partial charge in [0.2, 0.25) is 0 Å². The molecule has 0 aliphatic carbocycles. The molecule has 1 rings (SSSR count). The molecule has 0 aromatic rings. The van der Waals surface area contributed by atoms with Gasteiger partial charge < -0.3 is 9.64 Å². The van der Waals surface area contributed by atoms with Crippen molar-refractivity contribution >= 4 is 34.3 Å². The minimum Gasteiger partial charge on any atom is -0.466 e. The van der Waals surface area contributed by atoms with Gasteiger partial charge in [0.05, 0.1) is 7.11 Å². The number of thioether (sulfide) groups is 1. The van der Waals surface area contributed by atoms with Gasteiger partial charge in [-0.1, -0.05) is 30.6 Å². The van der Waals surface area contributed by atoms with Gasteiger partial charge in [-0.05, 0) is 12.8 Å². The maximum atomic E-state index is 11.1. The lowest BCUT2D eigenvalue weighted by Crippen LogP contribution is -2.24. The topological polar surface area (TPSA) is 29.5 Å². The van der Waals surface area contributed by atoms with E-state index in [1.165, 1.54) is 31.7 Å². The fraction of sp³-hybridized carbons (Fsp3) is 0.600. The Balaban J connectivity index is 2.27. The summed E-state index contributed by atoms with van der Waals surface area (Å²) in [6.45, 7) is 5.73. The first-order chi connectivity index (χ1) is 7.15. The van der Waals surface area contributed by atoms with Gasteiger partial charge in [0.25, 0.3) is 0 Å². The number of hydrogen-bond donors (Lipinski definition) is 0. The van der Waals surface area contributed by atoms with Crippen molar-refractivity contribution in [2.45, 2.75) is 12.8 Å². The van der Waals surface area contributed by atoms with Gasteiger partial charge in [-0.3, -0.25) is 0 Å². The van der Waals surface area contributed by atoms with E-state index in [0.717, 1.165) is 17.4 Å². The normalized spacial score (nSPS) is 15.1. The van der Waals surface area contributed by atoms with E-state index in [2.05, 4.69) is 16.2 Å². The zero-order valence-electron chi connectivity index (χ0n) is 8.82. The Labute approximate surface area is 99.8 Å². The Kier molecular flexibility index (Phi) is 5.11. The highest BCUT2D eigenvalue weighted by atomic mass is 32.2. The van der Waals surface area contributed by atoms with Crippen LogP contribution in [0.5, 0.6) is 0 Å². The van der Waals surface area contributed by atoms with E-state index in [1.54, 1.807) is 0 Å². The fourth-order valence-corrected chi connectivity index (χ4v) is 2.48. The van der Waals surface area contributed by atoms with Gasteiger partial charge in [-0.15, -0.1) is 0 Å². The minimum absolute atomic E-state index is 0.355. The third-order valence-electron chi connectivity index (χ3n) is 2.21. The number of carbonyl (C=O) groups is 1. The van der Waals surface area contributed by atoms with E-state index in [-0.39, 0.29) is 5.97 Å². The predicted octanol–water partition coefficient (Wildman–Crippen LogP) is 1.83. The fourth-order valence-electron chi connectivity index (χ4n) is 1.34. The average Bonchev–Trinajstić information content (AvgIpc) is 2.77. The van der Waals surface area contributed by atoms with Crippen molar-refractivity contribution in [2.24, 2.45) is 0 Å². The zero-order chi connectivity index (χ0) is 11.3. The van der Waals surface area contributed by atoms with Crippen LogP contribution in [-0.2, 0) is 9.53 Å². The highest BCUT2D eigenvalue weighted by Crippen LogP contribution is 2.18. The summed E-state index contributed by atoms with van der Waals surface area (Å²) in [6.07, 6.45) is 2.41. The quantitative estimate of drug-likeness (QED) is 0.430. The Bertz CT molecular complexity index is 273. The number of esters is 1. The summed E-state index contributed by atoms with van der Waals surface area (Å²) in [4.78, 5) is 13.2. The summed E-state index contributed by atoms with van der Waals surface area (Å²) in [5, 5.41) is 0. The highest BCUT2D eigenvalue weighted by molar-refractivity contribution is 8.23. The van der Waals surface area contributed by atoms with Crippen LogP contribution in [0.4, 0.5) is 0 Å². The lowest BCUT2D eigenvalue weighted by atomic mass is 10.4. The average molecular weight is 245 g/mol. The summed E-state index contributed by atoms with van der Waals surface area (Å²) < 4.78 is 5.42. The van der Waals surface area contributed by atoms with Gasteiger partial charge in [0.1, 0.15) is 4.32 Å². The van der Waals surface area contributed by atoms with E-state index in [9.17, 15) is 4.79 Å². The lowest BCUT2D eigenvalue weighted by molar-refractivity contribution is -0.135. The van der Waals surface area contributed by atoms with Crippen LogP contribution in [0, 0.1) is 0 Å². The number of ether oxygens (including phenoxy) is 1. The van der Waals surface area contributed by atoms with E-state index >= 15 is 0 Å². The van der Waals surface area contributed by atoms with Crippen LogP contribution in [0.3, 0.4) is 0 Å². The van der Waals surface area contributed by atoms with E-state index < -0.39 is 0 Å². The van der Waals surface area contributed by atoms with E-state index in [0.29, 0.717) is 11.3 Å². The third-order valence-corrected chi connectivity index (χ3v) is 3.82. The van der Waals surface area contributed by atoms with Crippen LogP contribution in [0.15, 0.2) is 12.2 Å². The Morgan fingerprint density at radius 3 is 2.67 bits per heavy atom. The number of rotatable bonds is 3. The molecule has 1 saturated heterocycles.